The summed E-state index contributed by atoms with van der Waals surface area (Å²) < 4.78 is 0. The molecule has 15 heavy (non-hydrogen) atoms. The van der Waals surface area contributed by atoms with Crippen LogP contribution in [0, 0.1) is 0 Å². The third-order valence-electron chi connectivity index (χ3n) is 2.50. The van der Waals surface area contributed by atoms with Gasteiger partial charge in [0.15, 0.2) is 0 Å². The zero-order chi connectivity index (χ0) is 11.4. The van der Waals surface area contributed by atoms with Crippen LogP contribution >= 0.6 is 0 Å². The van der Waals surface area contributed by atoms with Crippen LogP contribution < -0.4 is 5.32 Å². The minimum atomic E-state index is 1.11. The van der Waals surface area contributed by atoms with E-state index in [-0.39, 0.29) is 0 Å². The molecule has 0 aliphatic heterocycles. The molecular weight excluding hydrogens is 184 g/mol. The minimum Gasteiger partial charge on any atom is -0.315 e. The highest BCUT2D eigenvalue weighted by Gasteiger charge is 1.91. The summed E-state index contributed by atoms with van der Waals surface area (Å²) in [6, 6.07) is 0. The van der Waals surface area contributed by atoms with E-state index in [0.717, 1.165) is 13.1 Å². The van der Waals surface area contributed by atoms with Crippen molar-refractivity contribution in [3.8, 4) is 0 Å². The van der Waals surface area contributed by atoms with E-state index in [0.29, 0.717) is 0 Å². The van der Waals surface area contributed by atoms with Gasteiger partial charge in [-0.25, -0.2) is 0 Å². The summed E-state index contributed by atoms with van der Waals surface area (Å²) in [6.07, 6.45) is 9.95. The van der Waals surface area contributed by atoms with Gasteiger partial charge in [-0.3, -0.25) is 0 Å². The smallest absolute Gasteiger partial charge is 0.0101 e. The van der Waals surface area contributed by atoms with Crippen LogP contribution in [0.2, 0.25) is 0 Å². The molecule has 0 rings (SSSR count). The lowest BCUT2D eigenvalue weighted by molar-refractivity contribution is 0.398. The van der Waals surface area contributed by atoms with E-state index in [4.69, 9.17) is 0 Å². The zero-order valence-corrected chi connectivity index (χ0v) is 10.6. The summed E-state index contributed by atoms with van der Waals surface area (Å²) in [5, 5.41) is 3.46. The number of rotatable bonds is 11. The molecule has 0 amide bonds. The molecule has 0 fully saturated rings. The summed E-state index contributed by atoms with van der Waals surface area (Å²) in [6.45, 7) is 7.16. The first-order chi connectivity index (χ1) is 7.27. The number of likely N-dealkylation sites (N-methyl/N-ethyl adjacent to an activating group) is 1. The largest absolute Gasteiger partial charge is 0.315 e. The third-order valence-corrected chi connectivity index (χ3v) is 2.50. The monoisotopic (exact) mass is 212 g/mol. The van der Waals surface area contributed by atoms with Crippen LogP contribution in [0.15, 0.2) is 12.7 Å². The molecule has 0 saturated carbocycles. The maximum Gasteiger partial charge on any atom is 0.0101 e. The van der Waals surface area contributed by atoms with Gasteiger partial charge in [0, 0.05) is 13.1 Å². The molecule has 2 nitrogen and oxygen atoms in total. The Labute approximate surface area is 95.7 Å². The molecule has 0 atom stereocenters. The lowest BCUT2D eigenvalue weighted by atomic mass is 10.1. The Morgan fingerprint density at radius 1 is 1.00 bits per heavy atom. The summed E-state index contributed by atoms with van der Waals surface area (Å²) in [7, 11) is 4.22. The standard InChI is InChI=1S/C13H28N2/c1-4-5-6-7-8-9-10-11-14-12-13-15(2)3/h4,14H,1,5-13H2,2-3H3. The Morgan fingerprint density at radius 3 is 2.33 bits per heavy atom. The summed E-state index contributed by atoms with van der Waals surface area (Å²) >= 11 is 0. The van der Waals surface area contributed by atoms with Crippen molar-refractivity contribution in [2.45, 2.75) is 38.5 Å². The van der Waals surface area contributed by atoms with Crippen molar-refractivity contribution in [1.82, 2.24) is 10.2 Å². The van der Waals surface area contributed by atoms with E-state index in [1.54, 1.807) is 0 Å². The topological polar surface area (TPSA) is 15.3 Å². The fraction of sp³-hybridized carbons (Fsp3) is 0.846. The second-order valence-electron chi connectivity index (χ2n) is 4.40. The van der Waals surface area contributed by atoms with Gasteiger partial charge in [-0.1, -0.05) is 25.3 Å². The van der Waals surface area contributed by atoms with Crippen molar-refractivity contribution in [3.05, 3.63) is 12.7 Å². The fourth-order valence-corrected chi connectivity index (χ4v) is 1.50. The molecule has 0 unspecified atom stereocenters. The van der Waals surface area contributed by atoms with E-state index in [2.05, 4.69) is 30.9 Å². The molecular formula is C13H28N2. The highest BCUT2D eigenvalue weighted by Crippen LogP contribution is 2.04. The first kappa shape index (κ1) is 14.7. The van der Waals surface area contributed by atoms with E-state index < -0.39 is 0 Å². The van der Waals surface area contributed by atoms with Gasteiger partial charge in [0.1, 0.15) is 0 Å². The molecule has 0 saturated heterocycles. The Kier molecular flexibility index (Phi) is 11.5. The molecule has 0 radical (unpaired) electrons. The molecule has 0 aliphatic carbocycles. The highest BCUT2D eigenvalue weighted by molar-refractivity contribution is 4.65. The normalized spacial score (nSPS) is 10.9. The van der Waals surface area contributed by atoms with Crippen molar-refractivity contribution in [2.24, 2.45) is 0 Å². The quantitative estimate of drug-likeness (QED) is 0.418. The van der Waals surface area contributed by atoms with E-state index >= 15 is 0 Å². The Morgan fingerprint density at radius 2 is 1.67 bits per heavy atom. The first-order valence-electron chi connectivity index (χ1n) is 6.23. The highest BCUT2D eigenvalue weighted by atomic mass is 15.1. The molecule has 90 valence electrons. The maximum absolute atomic E-state index is 3.73. The Hall–Kier alpha value is -0.340. The zero-order valence-electron chi connectivity index (χ0n) is 10.6. The molecule has 1 N–H and O–H groups in total. The number of nitrogens with zero attached hydrogens (tertiary/aromatic N) is 1. The molecule has 0 aliphatic rings. The van der Waals surface area contributed by atoms with Gasteiger partial charge < -0.3 is 10.2 Å². The molecule has 0 heterocycles. The van der Waals surface area contributed by atoms with E-state index in [1.807, 2.05) is 6.08 Å². The predicted octanol–water partition coefficient (Wildman–Crippen LogP) is 2.66. The molecule has 0 aromatic heterocycles. The lowest BCUT2D eigenvalue weighted by Crippen LogP contribution is -2.27. The van der Waals surface area contributed by atoms with Crippen LogP contribution in [0.4, 0.5) is 0 Å². The molecule has 0 spiro atoms. The van der Waals surface area contributed by atoms with Gasteiger partial charge in [0.25, 0.3) is 0 Å². The average Bonchev–Trinajstić information content (AvgIpc) is 2.20. The Balaban J connectivity index is 2.89. The molecule has 0 bridgehead atoms. The maximum atomic E-state index is 3.73. The molecule has 2 heteroatoms. The minimum absolute atomic E-state index is 1.11. The average molecular weight is 212 g/mol. The number of hydrogen-bond acceptors (Lipinski definition) is 2. The SMILES string of the molecule is C=CCCCCCCCNCCN(C)C. The van der Waals surface area contributed by atoms with Crippen LogP contribution in [0.1, 0.15) is 38.5 Å². The van der Waals surface area contributed by atoms with Crippen molar-refractivity contribution >= 4 is 0 Å². The summed E-state index contributed by atoms with van der Waals surface area (Å²) in [5.74, 6) is 0. The van der Waals surface area contributed by atoms with Gasteiger partial charge in [-0.2, -0.15) is 0 Å². The van der Waals surface area contributed by atoms with Crippen LogP contribution in [-0.4, -0.2) is 38.6 Å². The molecule has 0 aromatic rings. The predicted molar refractivity (Wildman–Crippen MR) is 69.3 cm³/mol. The van der Waals surface area contributed by atoms with Crippen molar-refractivity contribution in [3.63, 3.8) is 0 Å². The van der Waals surface area contributed by atoms with Crippen LogP contribution in [0.3, 0.4) is 0 Å². The van der Waals surface area contributed by atoms with Gasteiger partial charge >= 0.3 is 0 Å². The first-order valence-corrected chi connectivity index (χ1v) is 6.23. The molecule has 0 aromatic carbocycles. The van der Waals surface area contributed by atoms with Gasteiger partial charge in [0.2, 0.25) is 0 Å². The second kappa shape index (κ2) is 11.7. The lowest BCUT2D eigenvalue weighted by Gasteiger charge is -2.09. The third kappa shape index (κ3) is 13.7. The number of hydrogen-bond donors (Lipinski definition) is 1. The number of allylic oxidation sites excluding steroid dienone is 1. The van der Waals surface area contributed by atoms with E-state index in [1.165, 1.54) is 45.1 Å². The van der Waals surface area contributed by atoms with Gasteiger partial charge in [0.05, 0.1) is 0 Å². The van der Waals surface area contributed by atoms with Crippen LogP contribution in [0.25, 0.3) is 0 Å². The van der Waals surface area contributed by atoms with Crippen molar-refractivity contribution in [2.75, 3.05) is 33.7 Å². The van der Waals surface area contributed by atoms with Crippen molar-refractivity contribution in [1.29, 1.82) is 0 Å². The van der Waals surface area contributed by atoms with Crippen LogP contribution in [-0.2, 0) is 0 Å². The van der Waals surface area contributed by atoms with Gasteiger partial charge in [-0.15, -0.1) is 6.58 Å². The fourth-order valence-electron chi connectivity index (χ4n) is 1.50. The van der Waals surface area contributed by atoms with Crippen LogP contribution in [0.5, 0.6) is 0 Å². The number of nitrogens with one attached hydrogen (secondary N) is 1. The summed E-state index contributed by atoms with van der Waals surface area (Å²) in [4.78, 5) is 2.21. The second-order valence-corrected chi connectivity index (χ2v) is 4.40. The summed E-state index contributed by atoms with van der Waals surface area (Å²) in [5.41, 5.74) is 0. The van der Waals surface area contributed by atoms with Gasteiger partial charge in [-0.05, 0) is 39.9 Å². The Bertz CT molecular complexity index is 132. The number of unbranched alkanes of at least 4 members (excludes halogenated alkanes) is 5. The van der Waals surface area contributed by atoms with E-state index in [9.17, 15) is 0 Å². The van der Waals surface area contributed by atoms with Crippen molar-refractivity contribution < 1.29 is 0 Å².